The topological polar surface area (TPSA) is 125 Å². The Morgan fingerprint density at radius 1 is 1.43 bits per heavy atom. The van der Waals surface area contributed by atoms with Crippen LogP contribution in [0.25, 0.3) is 0 Å². The molecule has 9 heteroatoms. The molecule has 0 aliphatic heterocycles. The molecule has 2 amide bonds. The van der Waals surface area contributed by atoms with E-state index in [1.54, 1.807) is 11.5 Å². The summed E-state index contributed by atoms with van der Waals surface area (Å²) in [6, 6.07) is -0.346. The van der Waals surface area contributed by atoms with Gasteiger partial charge in [-0.3, -0.25) is 5.10 Å². The van der Waals surface area contributed by atoms with Crippen molar-refractivity contribution in [1.82, 2.24) is 25.1 Å². The number of hydrogen-bond acceptors (Lipinski definition) is 4. The number of aromatic amines is 1. The van der Waals surface area contributed by atoms with E-state index in [4.69, 9.17) is 5.11 Å². The van der Waals surface area contributed by atoms with Gasteiger partial charge in [-0.2, -0.15) is 5.10 Å². The second-order valence-electron chi connectivity index (χ2n) is 4.49. The molecule has 0 aromatic carbocycles. The Kier molecular flexibility index (Phi) is 4.21. The molecule has 0 atom stereocenters. The summed E-state index contributed by atoms with van der Waals surface area (Å²) in [6.45, 7) is 4.38. The molecule has 0 fully saturated rings. The number of carbonyl (C=O) groups is 2. The molecule has 0 bridgehead atoms. The summed E-state index contributed by atoms with van der Waals surface area (Å²) >= 11 is 0. The van der Waals surface area contributed by atoms with Gasteiger partial charge in [-0.25, -0.2) is 14.6 Å². The number of H-pyrrole nitrogens is 1. The van der Waals surface area contributed by atoms with Crippen LogP contribution in [0.4, 0.5) is 10.5 Å². The van der Waals surface area contributed by atoms with Crippen molar-refractivity contribution in [2.45, 2.75) is 20.4 Å². The van der Waals surface area contributed by atoms with Gasteiger partial charge in [0.1, 0.15) is 0 Å². The van der Waals surface area contributed by atoms with Gasteiger partial charge in [-0.05, 0) is 13.8 Å². The molecule has 112 valence electrons. The lowest BCUT2D eigenvalue weighted by Crippen LogP contribution is -2.31. The highest BCUT2D eigenvalue weighted by Crippen LogP contribution is 2.15. The van der Waals surface area contributed by atoms with Gasteiger partial charge < -0.3 is 20.3 Å². The van der Waals surface area contributed by atoms with E-state index >= 15 is 0 Å². The summed E-state index contributed by atoms with van der Waals surface area (Å²) in [7, 11) is 0. The molecule has 2 rings (SSSR count). The van der Waals surface area contributed by atoms with Crippen LogP contribution in [0.15, 0.2) is 12.5 Å². The highest BCUT2D eigenvalue weighted by molar-refractivity contribution is 5.90. The quantitative estimate of drug-likeness (QED) is 0.647. The van der Waals surface area contributed by atoms with Crippen LogP contribution in [0.3, 0.4) is 0 Å². The number of urea groups is 1. The first kappa shape index (κ1) is 14.6. The first-order chi connectivity index (χ1) is 9.97. The van der Waals surface area contributed by atoms with Crippen LogP contribution >= 0.6 is 0 Å². The predicted octanol–water partition coefficient (Wildman–Crippen LogP) is 0.743. The smallest absolute Gasteiger partial charge is 0.356 e. The maximum absolute atomic E-state index is 11.7. The lowest BCUT2D eigenvalue weighted by Gasteiger charge is -2.08. The Bertz CT molecular complexity index is 640. The van der Waals surface area contributed by atoms with Crippen molar-refractivity contribution >= 4 is 17.7 Å². The molecule has 2 heterocycles. The minimum absolute atomic E-state index is 0.0240. The van der Waals surface area contributed by atoms with Gasteiger partial charge in [0.2, 0.25) is 0 Å². The number of imidazole rings is 1. The summed E-state index contributed by atoms with van der Waals surface area (Å²) in [5.41, 5.74) is 2.12. The number of hydrogen-bond donors (Lipinski definition) is 4. The molecule has 2 aromatic rings. The van der Waals surface area contributed by atoms with E-state index in [-0.39, 0.29) is 11.7 Å². The van der Waals surface area contributed by atoms with E-state index in [0.717, 1.165) is 5.69 Å². The average molecular weight is 292 g/mol. The number of aromatic nitrogens is 4. The van der Waals surface area contributed by atoms with Crippen molar-refractivity contribution in [2.75, 3.05) is 11.9 Å². The normalized spacial score (nSPS) is 10.4. The lowest BCUT2D eigenvalue weighted by molar-refractivity contribution is 0.0691. The van der Waals surface area contributed by atoms with Crippen LogP contribution in [0.1, 0.15) is 21.9 Å². The molecular weight excluding hydrogens is 276 g/mol. The van der Waals surface area contributed by atoms with Crippen molar-refractivity contribution in [3.05, 3.63) is 29.6 Å². The van der Waals surface area contributed by atoms with Gasteiger partial charge in [0, 0.05) is 19.3 Å². The van der Waals surface area contributed by atoms with Crippen LogP contribution in [-0.4, -0.2) is 43.4 Å². The van der Waals surface area contributed by atoms with Gasteiger partial charge in [-0.15, -0.1) is 0 Å². The number of carbonyl (C=O) groups excluding carboxylic acids is 1. The molecule has 21 heavy (non-hydrogen) atoms. The highest BCUT2D eigenvalue weighted by atomic mass is 16.4. The summed E-state index contributed by atoms with van der Waals surface area (Å²) in [5.74, 6) is -1.08. The summed E-state index contributed by atoms with van der Waals surface area (Å²) in [6.07, 6.45) is 2.82. The predicted molar refractivity (Wildman–Crippen MR) is 74.3 cm³/mol. The summed E-state index contributed by atoms with van der Waals surface area (Å²) in [4.78, 5) is 26.1. The van der Waals surface area contributed by atoms with Crippen LogP contribution in [0.5, 0.6) is 0 Å². The van der Waals surface area contributed by atoms with E-state index in [2.05, 4.69) is 25.8 Å². The molecule has 0 saturated heterocycles. The molecule has 0 radical (unpaired) electrons. The number of carboxylic acid groups (broad SMARTS) is 1. The van der Waals surface area contributed by atoms with E-state index in [1.165, 1.54) is 12.5 Å². The van der Waals surface area contributed by atoms with E-state index in [9.17, 15) is 9.59 Å². The number of nitrogens with one attached hydrogen (secondary N) is 3. The zero-order chi connectivity index (χ0) is 15.4. The first-order valence-electron chi connectivity index (χ1n) is 6.29. The Morgan fingerprint density at radius 3 is 2.76 bits per heavy atom. The number of aromatic carboxylic acids is 1. The summed E-state index contributed by atoms with van der Waals surface area (Å²) < 4.78 is 1.60. The zero-order valence-electron chi connectivity index (χ0n) is 11.7. The molecule has 0 unspecified atom stereocenters. The molecule has 0 saturated carbocycles. The van der Waals surface area contributed by atoms with Gasteiger partial charge in [0.25, 0.3) is 0 Å². The molecule has 0 aliphatic carbocycles. The Labute approximate surface area is 120 Å². The fraction of sp³-hybridized carbons (Fsp3) is 0.333. The van der Waals surface area contributed by atoms with Crippen molar-refractivity contribution in [1.29, 1.82) is 0 Å². The van der Waals surface area contributed by atoms with Crippen molar-refractivity contribution in [3.8, 4) is 0 Å². The van der Waals surface area contributed by atoms with E-state index in [0.29, 0.717) is 24.5 Å². The highest BCUT2D eigenvalue weighted by Gasteiger charge is 2.10. The van der Waals surface area contributed by atoms with Crippen molar-refractivity contribution in [2.24, 2.45) is 0 Å². The van der Waals surface area contributed by atoms with Crippen LogP contribution < -0.4 is 10.6 Å². The van der Waals surface area contributed by atoms with Gasteiger partial charge in [-0.1, -0.05) is 0 Å². The van der Waals surface area contributed by atoms with Gasteiger partial charge in [0.15, 0.2) is 5.69 Å². The maximum atomic E-state index is 11.7. The Hall–Kier alpha value is -2.84. The number of amides is 2. The third kappa shape index (κ3) is 3.59. The first-order valence-corrected chi connectivity index (χ1v) is 6.29. The Morgan fingerprint density at radius 2 is 2.19 bits per heavy atom. The van der Waals surface area contributed by atoms with Gasteiger partial charge >= 0.3 is 12.0 Å². The van der Waals surface area contributed by atoms with E-state index in [1.807, 2.05) is 6.92 Å². The Balaban J connectivity index is 1.80. The monoisotopic (exact) mass is 292 g/mol. The SMILES string of the molecule is Cc1n[nH]c(C)c1NC(=O)NCCn1cnc(C(=O)O)c1. The standard InChI is InChI=1S/C12H16N6O3/c1-7-10(8(2)17-16-7)15-12(21)13-3-4-18-5-9(11(19)20)14-6-18/h5-6H,3-4H2,1-2H3,(H,16,17)(H,19,20)(H2,13,15,21). The second kappa shape index (κ2) is 6.07. The molecule has 9 nitrogen and oxygen atoms in total. The minimum Gasteiger partial charge on any atom is -0.476 e. The fourth-order valence-corrected chi connectivity index (χ4v) is 1.78. The molecule has 0 spiro atoms. The van der Waals surface area contributed by atoms with Crippen molar-refractivity contribution < 1.29 is 14.7 Å². The summed E-state index contributed by atoms with van der Waals surface area (Å²) in [5, 5.41) is 20.9. The third-order valence-electron chi connectivity index (χ3n) is 2.87. The molecule has 2 aromatic heterocycles. The number of rotatable bonds is 5. The minimum atomic E-state index is -1.08. The number of nitrogens with zero attached hydrogens (tertiary/aromatic N) is 3. The number of carboxylic acids is 1. The number of aryl methyl sites for hydroxylation is 2. The average Bonchev–Trinajstić information content (AvgIpc) is 3.01. The van der Waals surface area contributed by atoms with Crippen molar-refractivity contribution in [3.63, 3.8) is 0 Å². The van der Waals surface area contributed by atoms with Crippen LogP contribution in [-0.2, 0) is 6.54 Å². The fourth-order valence-electron chi connectivity index (χ4n) is 1.78. The van der Waals surface area contributed by atoms with Gasteiger partial charge in [0.05, 0.1) is 23.4 Å². The van der Waals surface area contributed by atoms with E-state index < -0.39 is 5.97 Å². The van der Waals surface area contributed by atoms with Crippen LogP contribution in [0.2, 0.25) is 0 Å². The largest absolute Gasteiger partial charge is 0.476 e. The molecule has 0 aliphatic rings. The second-order valence-corrected chi connectivity index (χ2v) is 4.49. The third-order valence-corrected chi connectivity index (χ3v) is 2.87. The molecular formula is C12H16N6O3. The molecule has 4 N–H and O–H groups in total. The zero-order valence-corrected chi connectivity index (χ0v) is 11.7. The number of anilines is 1. The lowest BCUT2D eigenvalue weighted by atomic mass is 10.3. The van der Waals surface area contributed by atoms with Crippen LogP contribution in [0, 0.1) is 13.8 Å². The maximum Gasteiger partial charge on any atom is 0.356 e.